The van der Waals surface area contributed by atoms with Crippen molar-refractivity contribution in [3.05, 3.63) is 22.0 Å². The molecule has 2 N–H and O–H groups in total. The molecule has 0 fully saturated rings. The van der Waals surface area contributed by atoms with E-state index in [9.17, 15) is 9.59 Å². The van der Waals surface area contributed by atoms with Gasteiger partial charge >= 0.3 is 33.6 Å². The minimum absolute atomic E-state index is 0. The molecule has 0 amide bonds. The number of carbonyl (C=O) groups excluding carboxylic acids is 2. The van der Waals surface area contributed by atoms with Crippen molar-refractivity contribution in [1.82, 2.24) is 9.80 Å². The van der Waals surface area contributed by atoms with Crippen LogP contribution < -0.4 is 0 Å². The van der Waals surface area contributed by atoms with Crippen LogP contribution in [0.3, 0.4) is 0 Å². The molecule has 0 aliphatic rings. The van der Waals surface area contributed by atoms with E-state index < -0.39 is 32.9 Å². The summed E-state index contributed by atoms with van der Waals surface area (Å²) in [7, 11) is 3.66. The van der Waals surface area contributed by atoms with E-state index in [4.69, 9.17) is 24.8 Å². The predicted molar refractivity (Wildman–Crippen MR) is 248 cm³/mol. The van der Waals surface area contributed by atoms with Crippen LogP contribution in [-0.4, -0.2) is 129 Å². The summed E-state index contributed by atoms with van der Waals surface area (Å²) in [6.07, 6.45) is 2.44. The summed E-state index contributed by atoms with van der Waals surface area (Å²) in [6, 6.07) is 0. The largest absolute Gasteiger partial charge is 3.00 e. The smallest absolute Gasteiger partial charge is 0.668 e. The Kier molecular flexibility index (Phi) is 46.7. The molecule has 0 spiro atoms. The number of Topliss-reactive ketones (excluding diaryl/α,β-unsaturated/α-hetero) is 2. The number of carbonyl (C=O) groups is 2. The normalized spacial score (nSPS) is 13.0. The Bertz CT molecular complexity index is 822. The predicted octanol–water partition coefficient (Wildman–Crippen LogP) is 10.8. The SMILES string of the molecule is CCC(=O)CC(=O)CC.CCC(O)CC(O)CC.CN(C)CC(C)(C)[N-][Si](C)(C)C.CN(C)CC(C)(C)[N-][Si](C)(C)C.C[Si](C)(C)[N-][Si](C)(C)C.[CH3-].[Co+3].[Co+3]. The van der Waals surface area contributed by atoms with E-state index in [-0.39, 0.29) is 82.3 Å². The first-order chi connectivity index (χ1) is 22.4. The Morgan fingerprint density at radius 2 is 0.796 bits per heavy atom. The van der Waals surface area contributed by atoms with Gasteiger partial charge in [0.15, 0.2) is 0 Å². The molecule has 0 heterocycles. The fourth-order valence-electron chi connectivity index (χ4n) is 5.56. The summed E-state index contributed by atoms with van der Waals surface area (Å²) in [5.74, 6) is 0.0868. The molecule has 0 bridgehead atoms. The Labute approximate surface area is 364 Å². The monoisotopic (exact) mass is 928 g/mol. The molecule has 2 unspecified atom stereocenters. The van der Waals surface area contributed by atoms with Crippen LogP contribution in [0.15, 0.2) is 0 Å². The Balaban J connectivity index is -0.0000000810. The van der Waals surface area contributed by atoms with Crippen LogP contribution in [0.4, 0.5) is 0 Å². The van der Waals surface area contributed by atoms with Gasteiger partial charge in [0.05, 0.1) is 18.6 Å². The number of hydrogen-bond acceptors (Lipinski definition) is 6. The van der Waals surface area contributed by atoms with E-state index in [0.717, 1.165) is 25.9 Å². The van der Waals surface area contributed by atoms with Crippen LogP contribution in [-0.2, 0) is 43.1 Å². The minimum atomic E-state index is -1.26. The second kappa shape index (κ2) is 34.8. The van der Waals surface area contributed by atoms with Gasteiger partial charge in [-0.15, -0.1) is 11.1 Å². The van der Waals surface area contributed by atoms with Crippen LogP contribution in [0.2, 0.25) is 78.6 Å². The zero-order valence-electron chi connectivity index (χ0n) is 40.4. The Hall–Kier alpha value is 0.941. The molecular weight excluding hydrogens is 833 g/mol. The maximum absolute atomic E-state index is 10.6. The number of rotatable bonds is 18. The number of ketones is 2. The van der Waals surface area contributed by atoms with Gasteiger partial charge in [-0.05, 0) is 60.5 Å². The Morgan fingerprint density at radius 3 is 0.926 bits per heavy atom. The molecule has 0 aromatic heterocycles. The zero-order chi connectivity index (χ0) is 42.2. The standard InChI is InChI=1S/2C9H23N2Si.C7H16O2.C7H12O2.C6H18NSi2.CH3.2Co/c2*1-9(2,8-11(3)4)10-12(5,6)7;2*1-3-6(8)5-7(9)4-2;1-8(2,3)7-9(4,5)6;;;/h2*8H2,1-7H3;6-9H,3-5H2,1-2H3;3-5H2,1-2H3;1-6H3;1H3;;/q2*-1;;;2*-1;2*+3. The zero-order valence-corrected chi connectivity index (χ0v) is 46.5. The quantitative estimate of drug-likeness (QED) is 0.0802. The molecular formula is C39H95Co2N5O4Si4+2. The van der Waals surface area contributed by atoms with Gasteiger partial charge in [-0.2, -0.15) is 0 Å². The van der Waals surface area contributed by atoms with Crippen molar-refractivity contribution in [2.24, 2.45) is 0 Å². The summed E-state index contributed by atoms with van der Waals surface area (Å²) < 4.78 is 4.82. The van der Waals surface area contributed by atoms with E-state index in [1.807, 2.05) is 13.8 Å². The van der Waals surface area contributed by atoms with Gasteiger partial charge in [0.2, 0.25) is 0 Å². The topological polar surface area (TPSA) is 123 Å². The summed E-state index contributed by atoms with van der Waals surface area (Å²) in [4.78, 5) is 35.3. The molecule has 0 saturated carbocycles. The van der Waals surface area contributed by atoms with Crippen LogP contribution >= 0.6 is 0 Å². The van der Waals surface area contributed by atoms with Gasteiger partial charge in [-0.25, -0.2) is 0 Å². The molecule has 0 saturated heterocycles. The number of hydrogen-bond donors (Lipinski definition) is 2. The van der Waals surface area contributed by atoms with Gasteiger partial charge in [0.1, 0.15) is 11.6 Å². The summed E-state index contributed by atoms with van der Waals surface area (Å²) in [5, 5.41) is 18.0. The van der Waals surface area contributed by atoms with E-state index in [1.54, 1.807) is 13.8 Å². The van der Waals surface area contributed by atoms with Gasteiger partial charge < -0.3 is 42.1 Å². The van der Waals surface area contributed by atoms with Crippen LogP contribution in [0.5, 0.6) is 0 Å². The number of aliphatic hydroxyl groups excluding tert-OH is 2. The van der Waals surface area contributed by atoms with E-state index in [2.05, 4.69) is 144 Å². The fraction of sp³-hybridized carbons (Fsp3) is 0.923. The molecule has 54 heavy (non-hydrogen) atoms. The molecule has 2 atom stereocenters. The second-order valence-corrected chi connectivity index (χ2v) is 38.1. The molecule has 0 aliphatic heterocycles. The van der Waals surface area contributed by atoms with E-state index in [1.165, 1.54) is 0 Å². The third-order valence-corrected chi connectivity index (χ3v) is 13.9. The van der Waals surface area contributed by atoms with Crippen LogP contribution in [0.1, 0.15) is 93.9 Å². The maximum Gasteiger partial charge on any atom is 3.00 e. The maximum atomic E-state index is 10.6. The first-order valence-corrected chi connectivity index (χ1v) is 33.1. The third kappa shape index (κ3) is 70.7. The van der Waals surface area contributed by atoms with Crippen molar-refractivity contribution in [3.8, 4) is 0 Å². The molecule has 0 aromatic rings. The molecule has 332 valence electrons. The van der Waals surface area contributed by atoms with Crippen molar-refractivity contribution in [2.45, 2.75) is 196 Å². The van der Waals surface area contributed by atoms with Crippen molar-refractivity contribution in [2.75, 3.05) is 41.3 Å². The summed E-state index contributed by atoms with van der Waals surface area (Å²) in [5.41, 5.74) is 0.238. The van der Waals surface area contributed by atoms with Crippen molar-refractivity contribution < 1.29 is 53.4 Å². The van der Waals surface area contributed by atoms with Crippen LogP contribution in [0.25, 0.3) is 14.6 Å². The summed E-state index contributed by atoms with van der Waals surface area (Å²) in [6.45, 7) is 45.8. The molecule has 9 nitrogen and oxygen atoms in total. The van der Waals surface area contributed by atoms with Crippen molar-refractivity contribution in [3.63, 3.8) is 0 Å². The average Bonchev–Trinajstić information content (AvgIpc) is 2.83. The molecule has 0 rings (SSSR count). The van der Waals surface area contributed by atoms with Crippen molar-refractivity contribution >= 4 is 44.5 Å². The first-order valence-electron chi connectivity index (χ1n) is 19.3. The molecule has 15 heteroatoms. The number of nitrogens with zero attached hydrogens (tertiary/aromatic N) is 5. The van der Waals surface area contributed by atoms with E-state index >= 15 is 0 Å². The van der Waals surface area contributed by atoms with Crippen molar-refractivity contribution in [1.29, 1.82) is 0 Å². The first kappa shape index (κ1) is 72.5. The number of likely N-dealkylation sites (N-methyl/N-ethyl adjacent to an activating group) is 2. The summed E-state index contributed by atoms with van der Waals surface area (Å²) >= 11 is 0. The van der Waals surface area contributed by atoms with Gasteiger partial charge in [-0.3, -0.25) is 9.59 Å². The second-order valence-electron chi connectivity index (χ2n) is 19.4. The van der Waals surface area contributed by atoms with Crippen LogP contribution in [0, 0.1) is 7.43 Å². The van der Waals surface area contributed by atoms with Gasteiger partial charge in [-0.1, -0.05) is 167 Å². The van der Waals surface area contributed by atoms with E-state index in [0.29, 0.717) is 19.3 Å². The average molecular weight is 928 g/mol. The van der Waals surface area contributed by atoms with Gasteiger partial charge in [0, 0.05) is 12.8 Å². The van der Waals surface area contributed by atoms with Gasteiger partial charge in [0.25, 0.3) is 0 Å². The third-order valence-electron chi connectivity index (χ3n) is 6.02. The minimum Gasteiger partial charge on any atom is -0.668 e. The fourth-order valence-corrected chi connectivity index (χ4v) is 17.4. The molecule has 0 aliphatic carbocycles. The molecule has 0 radical (unpaired) electrons. The molecule has 0 aromatic carbocycles. The number of aliphatic hydroxyl groups is 2. The Morgan fingerprint density at radius 1 is 0.556 bits per heavy atom.